The van der Waals surface area contributed by atoms with Crippen molar-refractivity contribution in [1.29, 1.82) is 0 Å². The van der Waals surface area contributed by atoms with Gasteiger partial charge in [-0.15, -0.1) is 23.1 Å². The van der Waals surface area contributed by atoms with Crippen molar-refractivity contribution in [2.75, 3.05) is 5.75 Å². The SMILES string of the molecule is O=C(O)CCCSc1ncnc2scc(-c3ccc4c(c3)CCCC4)c12. The van der Waals surface area contributed by atoms with Crippen molar-refractivity contribution in [1.82, 2.24) is 9.97 Å². The number of carbonyl (C=O) groups is 1. The fourth-order valence-corrected chi connectivity index (χ4v) is 5.40. The Labute approximate surface area is 160 Å². The highest BCUT2D eigenvalue weighted by Gasteiger charge is 2.16. The van der Waals surface area contributed by atoms with Gasteiger partial charge in [0.2, 0.25) is 0 Å². The number of fused-ring (bicyclic) bond motifs is 2. The second-order valence-corrected chi connectivity index (χ2v) is 8.49. The van der Waals surface area contributed by atoms with Gasteiger partial charge < -0.3 is 5.11 Å². The van der Waals surface area contributed by atoms with Crippen molar-refractivity contribution in [3.05, 3.63) is 41.0 Å². The predicted molar refractivity (Wildman–Crippen MR) is 107 cm³/mol. The molecule has 3 aromatic rings. The molecule has 0 atom stereocenters. The first-order valence-corrected chi connectivity index (χ1v) is 10.8. The van der Waals surface area contributed by atoms with Gasteiger partial charge in [-0.25, -0.2) is 9.97 Å². The van der Waals surface area contributed by atoms with Crippen molar-refractivity contribution in [3.63, 3.8) is 0 Å². The number of hydrogen-bond acceptors (Lipinski definition) is 5. The van der Waals surface area contributed by atoms with E-state index in [9.17, 15) is 4.79 Å². The average Bonchev–Trinajstić information content (AvgIpc) is 3.09. The highest BCUT2D eigenvalue weighted by molar-refractivity contribution is 7.99. The van der Waals surface area contributed by atoms with Gasteiger partial charge >= 0.3 is 5.97 Å². The van der Waals surface area contributed by atoms with Crippen LogP contribution >= 0.6 is 23.1 Å². The molecule has 1 aromatic carbocycles. The zero-order valence-electron chi connectivity index (χ0n) is 14.4. The van der Waals surface area contributed by atoms with E-state index in [1.807, 2.05) is 0 Å². The lowest BCUT2D eigenvalue weighted by Gasteiger charge is -2.16. The molecule has 0 saturated carbocycles. The molecule has 134 valence electrons. The minimum absolute atomic E-state index is 0.197. The maximum atomic E-state index is 10.7. The number of carboxylic acids is 1. The summed E-state index contributed by atoms with van der Waals surface area (Å²) in [6.45, 7) is 0. The molecular weight excluding hydrogens is 364 g/mol. The molecule has 1 aliphatic rings. The summed E-state index contributed by atoms with van der Waals surface area (Å²) >= 11 is 3.27. The second-order valence-electron chi connectivity index (χ2n) is 6.54. The number of aromatic nitrogens is 2. The van der Waals surface area contributed by atoms with Crippen LogP contribution in [0.4, 0.5) is 0 Å². The number of thioether (sulfide) groups is 1. The molecule has 26 heavy (non-hydrogen) atoms. The lowest BCUT2D eigenvalue weighted by atomic mass is 9.89. The van der Waals surface area contributed by atoms with Gasteiger partial charge in [0, 0.05) is 23.1 Å². The highest BCUT2D eigenvalue weighted by atomic mass is 32.2. The van der Waals surface area contributed by atoms with E-state index in [0.717, 1.165) is 21.0 Å². The number of nitrogens with zero attached hydrogens (tertiary/aromatic N) is 2. The molecule has 2 aromatic heterocycles. The van der Waals surface area contributed by atoms with Crippen molar-refractivity contribution in [2.45, 2.75) is 43.6 Å². The van der Waals surface area contributed by atoms with E-state index in [1.165, 1.54) is 47.9 Å². The molecular formula is C20H20N2O2S2. The molecule has 4 rings (SSSR count). The van der Waals surface area contributed by atoms with Crippen molar-refractivity contribution < 1.29 is 9.90 Å². The third-order valence-electron chi connectivity index (χ3n) is 4.77. The van der Waals surface area contributed by atoms with Gasteiger partial charge in [-0.05, 0) is 48.8 Å². The van der Waals surface area contributed by atoms with E-state index >= 15 is 0 Å². The van der Waals surface area contributed by atoms with Gasteiger partial charge in [-0.2, -0.15) is 0 Å². The monoisotopic (exact) mass is 384 g/mol. The maximum absolute atomic E-state index is 10.7. The lowest BCUT2D eigenvalue weighted by Crippen LogP contribution is -2.02. The van der Waals surface area contributed by atoms with Gasteiger partial charge in [0.15, 0.2) is 0 Å². The minimum Gasteiger partial charge on any atom is -0.481 e. The van der Waals surface area contributed by atoms with Crippen LogP contribution in [-0.2, 0) is 17.6 Å². The van der Waals surface area contributed by atoms with Crippen LogP contribution in [-0.4, -0.2) is 26.8 Å². The molecule has 0 unspecified atom stereocenters. The number of benzene rings is 1. The van der Waals surface area contributed by atoms with Crippen LogP contribution in [0.2, 0.25) is 0 Å². The molecule has 0 aliphatic heterocycles. The largest absolute Gasteiger partial charge is 0.481 e. The lowest BCUT2D eigenvalue weighted by molar-refractivity contribution is -0.137. The predicted octanol–water partition coefficient (Wildman–Crippen LogP) is 5.19. The molecule has 0 radical (unpaired) electrons. The topological polar surface area (TPSA) is 63.1 Å². The van der Waals surface area contributed by atoms with E-state index in [0.29, 0.717) is 6.42 Å². The highest BCUT2D eigenvalue weighted by Crippen LogP contribution is 2.39. The van der Waals surface area contributed by atoms with E-state index in [-0.39, 0.29) is 6.42 Å². The van der Waals surface area contributed by atoms with Crippen LogP contribution in [0.1, 0.15) is 36.8 Å². The van der Waals surface area contributed by atoms with Gasteiger partial charge in [0.25, 0.3) is 0 Å². The van der Waals surface area contributed by atoms with Crippen molar-refractivity contribution >= 4 is 39.3 Å². The third kappa shape index (κ3) is 3.62. The van der Waals surface area contributed by atoms with E-state index in [4.69, 9.17) is 5.11 Å². The van der Waals surface area contributed by atoms with Crippen molar-refractivity contribution in [3.8, 4) is 11.1 Å². The second kappa shape index (κ2) is 7.76. The first-order valence-electron chi connectivity index (χ1n) is 8.91. The molecule has 6 heteroatoms. The first-order chi connectivity index (χ1) is 12.7. The summed E-state index contributed by atoms with van der Waals surface area (Å²) in [6.07, 6.45) is 7.36. The fourth-order valence-electron chi connectivity index (χ4n) is 3.46. The van der Waals surface area contributed by atoms with E-state index < -0.39 is 5.97 Å². The fraction of sp³-hybridized carbons (Fsp3) is 0.350. The summed E-state index contributed by atoms with van der Waals surface area (Å²) in [7, 11) is 0. The summed E-state index contributed by atoms with van der Waals surface area (Å²) in [4.78, 5) is 20.6. The van der Waals surface area contributed by atoms with Crippen LogP contribution in [0.25, 0.3) is 21.3 Å². The number of aliphatic carboxylic acids is 1. The Hall–Kier alpha value is -1.92. The smallest absolute Gasteiger partial charge is 0.303 e. The molecule has 0 fully saturated rings. The molecule has 2 heterocycles. The summed E-state index contributed by atoms with van der Waals surface area (Å²) in [5.41, 5.74) is 5.39. The van der Waals surface area contributed by atoms with Crippen LogP contribution in [0, 0.1) is 0 Å². The normalized spacial score (nSPS) is 13.7. The van der Waals surface area contributed by atoms with Crippen LogP contribution < -0.4 is 0 Å². The number of rotatable bonds is 6. The molecule has 0 spiro atoms. The van der Waals surface area contributed by atoms with Crippen LogP contribution in [0.15, 0.2) is 34.9 Å². The molecule has 0 amide bonds. The zero-order valence-corrected chi connectivity index (χ0v) is 16.0. The molecule has 1 N–H and O–H groups in total. The van der Waals surface area contributed by atoms with Crippen molar-refractivity contribution in [2.24, 2.45) is 0 Å². The average molecular weight is 385 g/mol. The molecule has 0 bridgehead atoms. The van der Waals surface area contributed by atoms with Gasteiger partial charge in [0.05, 0.1) is 5.39 Å². The summed E-state index contributed by atoms with van der Waals surface area (Å²) in [5.74, 6) is 0.00135. The van der Waals surface area contributed by atoms with Crippen LogP contribution in [0.5, 0.6) is 0 Å². The van der Waals surface area contributed by atoms with E-state index in [2.05, 4.69) is 33.5 Å². The summed E-state index contributed by atoms with van der Waals surface area (Å²) in [6, 6.07) is 6.83. The van der Waals surface area contributed by atoms with Gasteiger partial charge in [-0.3, -0.25) is 4.79 Å². The van der Waals surface area contributed by atoms with Gasteiger partial charge in [0.1, 0.15) is 16.2 Å². The first kappa shape index (κ1) is 17.5. The number of hydrogen-bond donors (Lipinski definition) is 1. The quantitative estimate of drug-likeness (QED) is 0.360. The summed E-state index contributed by atoms with van der Waals surface area (Å²) in [5, 5.41) is 13.0. The Balaban J connectivity index is 1.66. The summed E-state index contributed by atoms with van der Waals surface area (Å²) < 4.78 is 0. The third-order valence-corrected chi connectivity index (χ3v) is 6.73. The number of aryl methyl sites for hydroxylation is 2. The molecule has 4 nitrogen and oxygen atoms in total. The Bertz CT molecular complexity index is 952. The Morgan fingerprint density at radius 2 is 2.04 bits per heavy atom. The molecule has 1 aliphatic carbocycles. The minimum atomic E-state index is -0.747. The number of thiophene rings is 1. The van der Waals surface area contributed by atoms with E-state index in [1.54, 1.807) is 29.4 Å². The maximum Gasteiger partial charge on any atom is 0.303 e. The Morgan fingerprint density at radius 1 is 1.19 bits per heavy atom. The van der Waals surface area contributed by atoms with Gasteiger partial charge in [-0.1, -0.05) is 18.2 Å². The Kier molecular flexibility index (Phi) is 5.22. The van der Waals surface area contributed by atoms with Crippen LogP contribution in [0.3, 0.4) is 0 Å². The zero-order chi connectivity index (χ0) is 17.9. The molecule has 0 saturated heterocycles. The number of carboxylic acid groups (broad SMARTS) is 1. The standard InChI is InChI=1S/C20H20N2O2S2/c23-17(24)6-3-9-25-19-18-16(11-26-20(18)22-12-21-19)15-8-7-13-4-1-2-5-14(13)10-15/h7-8,10-12H,1-6,9H2,(H,23,24). The Morgan fingerprint density at radius 3 is 2.88 bits per heavy atom.